The Morgan fingerprint density at radius 2 is 1.64 bits per heavy atom. The average Bonchev–Trinajstić information content (AvgIpc) is 2.96. The van der Waals surface area contributed by atoms with E-state index in [1.807, 2.05) is 63.2 Å². The van der Waals surface area contributed by atoms with Gasteiger partial charge in [0.05, 0.1) is 0 Å². The van der Waals surface area contributed by atoms with E-state index in [2.05, 4.69) is 16.6 Å². The smallest absolute Gasteiger partial charge is 0.408 e. The number of hydrogen-bond acceptors (Lipinski definition) is 4. The van der Waals surface area contributed by atoms with Crippen molar-refractivity contribution >= 4 is 34.4 Å². The summed E-state index contributed by atoms with van der Waals surface area (Å²) in [5.74, 6) is 1.70. The summed E-state index contributed by atoms with van der Waals surface area (Å²) in [6.45, 7) is 11.5. The molecule has 0 fully saturated rings. The van der Waals surface area contributed by atoms with Gasteiger partial charge in [0.1, 0.15) is 17.7 Å². The van der Waals surface area contributed by atoms with Gasteiger partial charge in [-0.25, -0.2) is 4.79 Å². The van der Waals surface area contributed by atoms with Crippen LogP contribution in [0, 0.1) is 18.3 Å². The summed E-state index contributed by atoms with van der Waals surface area (Å²) in [5.41, 5.74) is 1.19. The molecule has 2 N–H and O–H groups in total. The normalized spacial score (nSPS) is 13.4. The largest absolute Gasteiger partial charge is 0.444 e. The van der Waals surface area contributed by atoms with E-state index in [4.69, 9.17) is 11.2 Å². The molecule has 7 heteroatoms. The molecule has 0 aliphatic carbocycles. The van der Waals surface area contributed by atoms with Crippen molar-refractivity contribution in [2.75, 3.05) is 11.9 Å². The zero-order valence-electron chi connectivity index (χ0n) is 25.6. The Morgan fingerprint density at radius 1 is 0.976 bits per heavy atom. The van der Waals surface area contributed by atoms with Crippen LogP contribution in [0.4, 0.5) is 10.5 Å². The summed E-state index contributed by atoms with van der Waals surface area (Å²) >= 11 is 0. The molecule has 3 rings (SSSR count). The van der Waals surface area contributed by atoms with Crippen molar-refractivity contribution in [3.05, 3.63) is 77.9 Å². The number of fused-ring (bicyclic) bond motifs is 1. The third-order valence-electron chi connectivity index (χ3n) is 7.16. The molecule has 222 valence electrons. The maximum Gasteiger partial charge on any atom is 0.408 e. The Hall–Kier alpha value is -4.31. The number of alkyl carbamates (subject to hydrolysis) is 1. The number of terminal acetylenes is 1. The quantitative estimate of drug-likeness (QED) is 0.242. The van der Waals surface area contributed by atoms with Crippen LogP contribution in [0.2, 0.25) is 0 Å². The Bertz CT molecular complexity index is 1420. The van der Waals surface area contributed by atoms with Crippen LogP contribution in [0.5, 0.6) is 0 Å². The van der Waals surface area contributed by atoms with Crippen LogP contribution in [-0.4, -0.2) is 41.0 Å². The molecule has 42 heavy (non-hydrogen) atoms. The summed E-state index contributed by atoms with van der Waals surface area (Å²) < 4.78 is 5.49. The molecule has 3 aromatic carbocycles. The predicted molar refractivity (Wildman–Crippen MR) is 169 cm³/mol. The van der Waals surface area contributed by atoms with Crippen LogP contribution in [0.25, 0.3) is 10.8 Å². The molecule has 0 heterocycles. The summed E-state index contributed by atoms with van der Waals surface area (Å²) in [6, 6.07) is 18.9. The fourth-order valence-corrected chi connectivity index (χ4v) is 4.70. The molecular weight excluding hydrogens is 526 g/mol. The summed E-state index contributed by atoms with van der Waals surface area (Å²) in [7, 11) is 0. The number of nitrogens with zero attached hydrogens (tertiary/aromatic N) is 1. The van der Waals surface area contributed by atoms with Crippen LogP contribution in [0.15, 0.2) is 66.7 Å². The Morgan fingerprint density at radius 3 is 2.24 bits per heavy atom. The number of hydrogen-bond donors (Lipinski definition) is 2. The van der Waals surface area contributed by atoms with Crippen LogP contribution in [-0.2, 0) is 14.3 Å². The van der Waals surface area contributed by atoms with Crippen molar-refractivity contribution in [1.29, 1.82) is 0 Å². The molecule has 0 aliphatic heterocycles. The van der Waals surface area contributed by atoms with E-state index < -0.39 is 23.8 Å². The summed E-state index contributed by atoms with van der Waals surface area (Å²) in [6.07, 6.45) is 7.04. The van der Waals surface area contributed by atoms with Crippen molar-refractivity contribution in [3.63, 3.8) is 0 Å². The second-order valence-corrected chi connectivity index (χ2v) is 11.6. The van der Waals surface area contributed by atoms with Gasteiger partial charge in [0.25, 0.3) is 5.91 Å². The lowest BCUT2D eigenvalue weighted by Crippen LogP contribution is -2.55. The minimum Gasteiger partial charge on any atom is -0.444 e. The first-order chi connectivity index (χ1) is 20.0. The SMILES string of the molecule is C#Cc1ccc(C(C(=O)Nc2ccc3ccccc3c2)N(CCCC)C(=O)C(NC(=O)OC(C)(C)C)C(C)CC)cc1. The van der Waals surface area contributed by atoms with Crippen LogP contribution in [0.3, 0.4) is 0 Å². The van der Waals surface area contributed by atoms with E-state index in [0.29, 0.717) is 36.2 Å². The molecule has 3 atom stereocenters. The standard InChI is InChI=1S/C35H43N3O4/c1-8-11-22-38(33(40)30(24(4)9-2)37-34(41)42-35(5,6)7)31(27-18-16-25(10-3)17-19-27)32(39)36-29-21-20-26-14-12-13-15-28(26)23-29/h3,12-21,23-24,30-31H,8-9,11,22H2,1-2,4-7H3,(H,36,39)(H,37,41). The number of unbranched alkanes of at least 4 members (excludes halogenated alkanes) is 1. The fraction of sp³-hybridized carbons (Fsp3) is 0.400. The first-order valence-electron chi connectivity index (χ1n) is 14.6. The second kappa shape index (κ2) is 14.5. The molecule has 0 spiro atoms. The maximum absolute atomic E-state index is 14.4. The third kappa shape index (κ3) is 8.59. The zero-order valence-corrected chi connectivity index (χ0v) is 25.6. The lowest BCUT2D eigenvalue weighted by molar-refractivity contribution is -0.142. The third-order valence-corrected chi connectivity index (χ3v) is 7.16. The molecular formula is C35H43N3O4. The average molecular weight is 570 g/mol. The van der Waals surface area contributed by atoms with E-state index in [0.717, 1.165) is 17.2 Å². The van der Waals surface area contributed by atoms with E-state index >= 15 is 0 Å². The lowest BCUT2D eigenvalue weighted by Gasteiger charge is -2.36. The topological polar surface area (TPSA) is 87.7 Å². The van der Waals surface area contributed by atoms with Gasteiger partial charge in [-0.15, -0.1) is 6.42 Å². The monoisotopic (exact) mass is 569 g/mol. The first kappa shape index (κ1) is 32.2. The minimum atomic E-state index is -0.964. The molecule has 0 aromatic heterocycles. The molecule has 3 amide bonds. The highest BCUT2D eigenvalue weighted by Crippen LogP contribution is 2.28. The number of nitrogens with one attached hydrogen (secondary N) is 2. The van der Waals surface area contributed by atoms with Gasteiger partial charge in [0, 0.05) is 17.8 Å². The molecule has 7 nitrogen and oxygen atoms in total. The van der Waals surface area contributed by atoms with Gasteiger partial charge in [-0.05, 0) is 73.7 Å². The highest BCUT2D eigenvalue weighted by Gasteiger charge is 2.38. The molecule has 0 saturated carbocycles. The van der Waals surface area contributed by atoms with Crippen LogP contribution >= 0.6 is 0 Å². The molecule has 0 aliphatic rings. The number of rotatable bonds is 11. The number of amides is 3. The van der Waals surface area contributed by atoms with Gasteiger partial charge < -0.3 is 20.3 Å². The van der Waals surface area contributed by atoms with Gasteiger partial charge in [0.15, 0.2) is 0 Å². The lowest BCUT2D eigenvalue weighted by atomic mass is 9.95. The van der Waals surface area contributed by atoms with E-state index in [1.54, 1.807) is 49.9 Å². The first-order valence-corrected chi connectivity index (χ1v) is 14.6. The van der Waals surface area contributed by atoms with Gasteiger partial charge in [-0.2, -0.15) is 0 Å². The van der Waals surface area contributed by atoms with Gasteiger partial charge in [0.2, 0.25) is 5.91 Å². The molecule has 3 aromatic rings. The Labute approximate surface area is 250 Å². The molecule has 3 unspecified atom stereocenters. The fourth-order valence-electron chi connectivity index (χ4n) is 4.70. The molecule has 0 radical (unpaired) electrons. The Balaban J connectivity index is 2.05. The highest BCUT2D eigenvalue weighted by molar-refractivity contribution is 6.00. The summed E-state index contributed by atoms with van der Waals surface area (Å²) in [5, 5.41) is 7.89. The number of carbonyl (C=O) groups is 3. The van der Waals surface area contributed by atoms with Gasteiger partial charge in [-0.1, -0.05) is 82.0 Å². The maximum atomic E-state index is 14.4. The van der Waals surface area contributed by atoms with Crippen molar-refractivity contribution < 1.29 is 19.1 Å². The van der Waals surface area contributed by atoms with Crippen molar-refractivity contribution in [2.24, 2.45) is 5.92 Å². The highest BCUT2D eigenvalue weighted by atomic mass is 16.6. The number of carbonyl (C=O) groups excluding carboxylic acids is 3. The minimum absolute atomic E-state index is 0.206. The van der Waals surface area contributed by atoms with Crippen molar-refractivity contribution in [3.8, 4) is 12.3 Å². The number of ether oxygens (including phenoxy) is 1. The zero-order chi connectivity index (χ0) is 30.9. The van der Waals surface area contributed by atoms with Crippen molar-refractivity contribution in [1.82, 2.24) is 10.2 Å². The summed E-state index contributed by atoms with van der Waals surface area (Å²) in [4.78, 5) is 42.9. The van der Waals surface area contributed by atoms with E-state index in [-0.39, 0.29) is 17.7 Å². The van der Waals surface area contributed by atoms with Crippen molar-refractivity contribution in [2.45, 2.75) is 78.5 Å². The van der Waals surface area contributed by atoms with E-state index in [9.17, 15) is 14.4 Å². The molecule has 0 bridgehead atoms. The Kier molecular flexibility index (Phi) is 11.2. The predicted octanol–water partition coefficient (Wildman–Crippen LogP) is 7.07. The van der Waals surface area contributed by atoms with E-state index in [1.165, 1.54) is 0 Å². The number of anilines is 1. The molecule has 0 saturated heterocycles. The van der Waals surface area contributed by atoms with Gasteiger partial charge >= 0.3 is 6.09 Å². The van der Waals surface area contributed by atoms with Crippen LogP contribution < -0.4 is 10.6 Å². The van der Waals surface area contributed by atoms with Gasteiger partial charge in [-0.3, -0.25) is 9.59 Å². The van der Waals surface area contributed by atoms with Crippen LogP contribution in [0.1, 0.15) is 78.0 Å². The number of benzene rings is 3. The second-order valence-electron chi connectivity index (χ2n) is 11.6.